The Kier molecular flexibility index (Phi) is 9.46. The maximum absolute atomic E-state index is 13.5. The van der Waals surface area contributed by atoms with E-state index in [1.54, 1.807) is 6.20 Å². The van der Waals surface area contributed by atoms with Crippen LogP contribution in [0.4, 0.5) is 5.69 Å². The van der Waals surface area contributed by atoms with Gasteiger partial charge in [0.15, 0.2) is 0 Å². The molecular formula is C37H40N5O2-. The predicted octanol–water partition coefficient (Wildman–Crippen LogP) is 6.28. The minimum Gasteiger partial charge on any atom is -0.857 e. The third kappa shape index (κ3) is 6.53. The number of nitrogens with one attached hydrogen (secondary N) is 2. The number of hydrogen-bond donors (Lipinski definition) is 2. The quantitative estimate of drug-likeness (QED) is 0.104. The fourth-order valence-electron chi connectivity index (χ4n) is 5.44. The van der Waals surface area contributed by atoms with Crippen LogP contribution in [-0.4, -0.2) is 44.0 Å². The van der Waals surface area contributed by atoms with Crippen LogP contribution in [0.25, 0.3) is 33.4 Å². The van der Waals surface area contributed by atoms with E-state index in [2.05, 4.69) is 97.0 Å². The minimum atomic E-state index is -0.360. The number of hydrazone groups is 1. The molecule has 1 aliphatic heterocycles. The smallest absolute Gasteiger partial charge is 0.137 e. The van der Waals surface area contributed by atoms with Crippen LogP contribution in [0.15, 0.2) is 111 Å². The second-order valence-corrected chi connectivity index (χ2v) is 11.1. The summed E-state index contributed by atoms with van der Waals surface area (Å²) in [7, 11) is 4.10. The summed E-state index contributed by atoms with van der Waals surface area (Å²) >= 11 is 0. The van der Waals surface area contributed by atoms with Gasteiger partial charge in [0.2, 0.25) is 0 Å². The van der Waals surface area contributed by atoms with Gasteiger partial charge in [-0.2, -0.15) is 5.10 Å². The SMILES string of the molecule is CCN=c1cc2oc3cc(NCC)c(C)cc3c(-c3ccccc3/C([O-])=N/N/C=C\C=C3C=CC(N(C)C)C=C3)c-2cc1C. The molecule has 0 radical (unpaired) electrons. The van der Waals surface area contributed by atoms with Crippen molar-refractivity contribution in [2.75, 3.05) is 32.5 Å². The van der Waals surface area contributed by atoms with E-state index >= 15 is 0 Å². The fourth-order valence-corrected chi connectivity index (χ4v) is 5.44. The summed E-state index contributed by atoms with van der Waals surface area (Å²) < 4.78 is 6.50. The molecule has 5 rings (SSSR count). The van der Waals surface area contributed by atoms with Crippen molar-refractivity contribution in [3.8, 4) is 22.5 Å². The molecule has 0 saturated heterocycles. The lowest BCUT2D eigenvalue weighted by molar-refractivity contribution is -0.213. The Labute approximate surface area is 259 Å². The average molecular weight is 587 g/mol. The van der Waals surface area contributed by atoms with Gasteiger partial charge < -0.3 is 14.8 Å². The zero-order valence-electron chi connectivity index (χ0n) is 26.3. The van der Waals surface area contributed by atoms with E-state index in [1.165, 1.54) is 0 Å². The van der Waals surface area contributed by atoms with Crippen molar-refractivity contribution in [3.63, 3.8) is 0 Å². The molecule has 0 fully saturated rings. The molecule has 2 aromatic carbocycles. The van der Waals surface area contributed by atoms with Crippen LogP contribution >= 0.6 is 0 Å². The number of hydrogen-bond acceptors (Lipinski definition) is 7. The molecular weight excluding hydrogens is 546 g/mol. The molecule has 0 amide bonds. The van der Waals surface area contributed by atoms with Crippen molar-refractivity contribution in [3.05, 3.63) is 119 Å². The molecule has 0 atom stereocenters. The van der Waals surface area contributed by atoms with Gasteiger partial charge in [-0.3, -0.25) is 15.3 Å². The van der Waals surface area contributed by atoms with Gasteiger partial charge in [-0.25, -0.2) is 0 Å². The topological polar surface area (TPSA) is 88.2 Å². The monoisotopic (exact) mass is 586 g/mol. The first-order valence-electron chi connectivity index (χ1n) is 15.1. The number of nitrogens with zero attached hydrogens (tertiary/aromatic N) is 3. The molecule has 226 valence electrons. The highest BCUT2D eigenvalue weighted by Gasteiger charge is 2.21. The summed E-state index contributed by atoms with van der Waals surface area (Å²) in [5.41, 5.74) is 10.9. The van der Waals surface area contributed by atoms with Gasteiger partial charge in [0.1, 0.15) is 11.3 Å². The fraction of sp³-hybridized carbons (Fsp3) is 0.243. The summed E-state index contributed by atoms with van der Waals surface area (Å²) in [5, 5.41) is 23.0. The van der Waals surface area contributed by atoms with E-state index in [9.17, 15) is 5.11 Å². The van der Waals surface area contributed by atoms with Crippen molar-refractivity contribution in [1.29, 1.82) is 0 Å². The van der Waals surface area contributed by atoms with Crippen LogP contribution < -0.4 is 21.2 Å². The molecule has 44 heavy (non-hydrogen) atoms. The van der Waals surface area contributed by atoms with Gasteiger partial charge in [-0.1, -0.05) is 54.6 Å². The Morgan fingerprint density at radius 2 is 1.77 bits per heavy atom. The first-order valence-corrected chi connectivity index (χ1v) is 15.1. The number of benzene rings is 3. The van der Waals surface area contributed by atoms with Crippen LogP contribution in [-0.2, 0) is 0 Å². The maximum atomic E-state index is 13.5. The van der Waals surface area contributed by atoms with Gasteiger partial charge in [0.25, 0.3) is 0 Å². The number of fused-ring (bicyclic) bond motifs is 2. The number of anilines is 1. The van der Waals surface area contributed by atoms with Crippen LogP contribution in [0.1, 0.15) is 30.5 Å². The van der Waals surface area contributed by atoms with E-state index in [4.69, 9.17) is 4.42 Å². The van der Waals surface area contributed by atoms with Gasteiger partial charge >= 0.3 is 0 Å². The lowest BCUT2D eigenvalue weighted by atomic mass is 9.89. The molecule has 0 aromatic heterocycles. The molecule has 1 heterocycles. The van der Waals surface area contributed by atoms with Crippen LogP contribution in [0.3, 0.4) is 0 Å². The van der Waals surface area contributed by atoms with Crippen molar-refractivity contribution >= 4 is 22.6 Å². The Morgan fingerprint density at radius 1 is 1.00 bits per heavy atom. The first kappa shape index (κ1) is 30.6. The summed E-state index contributed by atoms with van der Waals surface area (Å²) in [6, 6.07) is 16.2. The second-order valence-electron chi connectivity index (χ2n) is 11.1. The van der Waals surface area contributed by atoms with Gasteiger partial charge in [0, 0.05) is 65.6 Å². The van der Waals surface area contributed by atoms with E-state index in [-0.39, 0.29) is 5.90 Å². The van der Waals surface area contributed by atoms with E-state index < -0.39 is 0 Å². The third-order valence-corrected chi connectivity index (χ3v) is 7.70. The van der Waals surface area contributed by atoms with Crippen molar-refractivity contribution in [2.45, 2.75) is 33.7 Å². The normalized spacial score (nSPS) is 15.7. The molecule has 3 aliphatic rings. The van der Waals surface area contributed by atoms with E-state index in [0.29, 0.717) is 23.9 Å². The molecule has 2 aromatic rings. The van der Waals surface area contributed by atoms with Crippen molar-refractivity contribution in [1.82, 2.24) is 10.3 Å². The predicted molar refractivity (Wildman–Crippen MR) is 181 cm³/mol. The zero-order valence-corrected chi connectivity index (χ0v) is 26.3. The minimum absolute atomic E-state index is 0.297. The molecule has 0 bridgehead atoms. The van der Waals surface area contributed by atoms with Crippen LogP contribution in [0, 0.1) is 13.8 Å². The highest BCUT2D eigenvalue weighted by Crippen LogP contribution is 2.42. The lowest BCUT2D eigenvalue weighted by Gasteiger charge is -2.21. The van der Waals surface area contributed by atoms with E-state index in [1.807, 2.05) is 55.5 Å². The Hall–Kier alpha value is -4.88. The highest BCUT2D eigenvalue weighted by atomic mass is 16.3. The molecule has 2 N–H and O–H groups in total. The lowest BCUT2D eigenvalue weighted by Crippen LogP contribution is -2.24. The van der Waals surface area contributed by atoms with Crippen LogP contribution in [0.2, 0.25) is 0 Å². The maximum Gasteiger partial charge on any atom is 0.137 e. The molecule has 7 heteroatoms. The number of rotatable bonds is 9. The van der Waals surface area contributed by atoms with Gasteiger partial charge in [-0.15, -0.1) is 0 Å². The molecule has 0 unspecified atom stereocenters. The van der Waals surface area contributed by atoms with Crippen molar-refractivity contribution in [2.24, 2.45) is 10.1 Å². The number of allylic oxidation sites excluding steroid dienone is 5. The Bertz CT molecular complexity index is 1840. The second kappa shape index (κ2) is 13.6. The summed E-state index contributed by atoms with van der Waals surface area (Å²) in [6.45, 7) is 9.71. The number of aryl methyl sites for hydroxylation is 2. The largest absolute Gasteiger partial charge is 0.857 e. The molecule has 0 saturated carbocycles. The van der Waals surface area contributed by atoms with Gasteiger partial charge in [0.05, 0.1) is 5.36 Å². The highest BCUT2D eigenvalue weighted by molar-refractivity contribution is 6.08. The zero-order chi connectivity index (χ0) is 31.2. The van der Waals surface area contributed by atoms with Gasteiger partial charge in [-0.05, 0) is 87.8 Å². The molecule has 2 aliphatic carbocycles. The third-order valence-electron chi connectivity index (χ3n) is 7.70. The van der Waals surface area contributed by atoms with Crippen LogP contribution in [0.5, 0.6) is 0 Å². The van der Waals surface area contributed by atoms with E-state index in [0.717, 1.165) is 61.9 Å². The first-order chi connectivity index (χ1) is 21.3. The van der Waals surface area contributed by atoms with Crippen molar-refractivity contribution < 1.29 is 9.52 Å². The Morgan fingerprint density at radius 3 is 2.50 bits per heavy atom. The Balaban J connectivity index is 1.57. The molecule has 0 spiro atoms. The number of likely N-dealkylation sites (N-methyl/N-ethyl adjacent to an activating group) is 1. The average Bonchev–Trinajstić information content (AvgIpc) is 3.01. The summed E-state index contributed by atoms with van der Waals surface area (Å²) in [4.78, 5) is 6.81. The summed E-state index contributed by atoms with van der Waals surface area (Å²) in [5.74, 6) is 0.356. The summed E-state index contributed by atoms with van der Waals surface area (Å²) in [6.07, 6.45) is 13.9. The standard InChI is InChI=1S/C37H41N5O2/c1-7-38-32-22-34-30(20-24(32)3)36(31-21-25(4)33(39-8-2)23-35(31)44-34)28-13-9-10-14-29(28)37(43)41-40-19-11-12-26-15-17-27(18-16-26)42(5)6/h9-23,27,38,40H,7-8H2,1-6H3,(H,41,43)/p-1/b19-11-,26-12?,39-33?. The molecule has 7 nitrogen and oxygen atoms in total.